The molecule has 29 heavy (non-hydrogen) atoms. The van der Waals surface area contributed by atoms with Crippen LogP contribution in [0.4, 0.5) is 4.79 Å². The zero-order valence-corrected chi connectivity index (χ0v) is 21.2. The van der Waals surface area contributed by atoms with Crippen LogP contribution in [0.15, 0.2) is 4.60 Å². The Morgan fingerprint density at radius 3 is 2.55 bits per heavy atom. The standard InChI is InChI=1S/C20H34BrN3O4Si/c1-14-10-15(23(11-14)19(26)28-20(2,3)4)18-22-17(21)16(12-25)24(18)13-27-8-9-29(5,6)7/h12,14-15H,8-11,13H2,1-7H3/t14-,15-/m0/s1. The van der Waals surface area contributed by atoms with E-state index in [4.69, 9.17) is 9.47 Å². The number of rotatable bonds is 7. The Balaban J connectivity index is 2.27. The molecule has 164 valence electrons. The molecule has 1 aromatic rings. The van der Waals surface area contributed by atoms with Gasteiger partial charge in [-0.05, 0) is 55.1 Å². The second-order valence-corrected chi connectivity index (χ2v) is 16.4. The van der Waals surface area contributed by atoms with Crippen molar-refractivity contribution in [3.8, 4) is 0 Å². The van der Waals surface area contributed by atoms with Gasteiger partial charge >= 0.3 is 6.09 Å². The van der Waals surface area contributed by atoms with Gasteiger partial charge in [0.05, 0.1) is 6.04 Å². The molecule has 1 aliphatic heterocycles. The fraction of sp³-hybridized carbons (Fsp3) is 0.750. The number of aromatic nitrogens is 2. The summed E-state index contributed by atoms with van der Waals surface area (Å²) in [6.07, 6.45) is 1.18. The molecule has 1 aliphatic rings. The molecule has 2 heterocycles. The normalized spacial score (nSPS) is 20.2. The average Bonchev–Trinajstić information content (AvgIpc) is 3.09. The van der Waals surface area contributed by atoms with Crippen LogP contribution >= 0.6 is 15.9 Å². The molecule has 0 bridgehead atoms. The number of amides is 1. The zero-order valence-electron chi connectivity index (χ0n) is 18.6. The van der Waals surface area contributed by atoms with Crippen molar-refractivity contribution in [2.24, 2.45) is 5.92 Å². The number of carbonyl (C=O) groups is 2. The Morgan fingerprint density at radius 1 is 1.34 bits per heavy atom. The number of hydrogen-bond acceptors (Lipinski definition) is 5. The van der Waals surface area contributed by atoms with Gasteiger partial charge in [0.15, 0.2) is 6.29 Å². The van der Waals surface area contributed by atoms with Crippen LogP contribution in [0.25, 0.3) is 0 Å². The van der Waals surface area contributed by atoms with E-state index < -0.39 is 13.7 Å². The van der Waals surface area contributed by atoms with Crippen molar-refractivity contribution in [3.05, 3.63) is 16.1 Å². The molecular formula is C20H34BrN3O4Si. The van der Waals surface area contributed by atoms with Gasteiger partial charge in [-0.1, -0.05) is 26.6 Å². The summed E-state index contributed by atoms with van der Waals surface area (Å²) in [6, 6.07) is 0.782. The van der Waals surface area contributed by atoms with Crippen LogP contribution in [-0.4, -0.2) is 53.7 Å². The van der Waals surface area contributed by atoms with E-state index in [1.807, 2.05) is 20.8 Å². The highest BCUT2D eigenvalue weighted by molar-refractivity contribution is 9.10. The van der Waals surface area contributed by atoms with Gasteiger partial charge in [-0.3, -0.25) is 14.3 Å². The summed E-state index contributed by atoms with van der Waals surface area (Å²) < 4.78 is 13.8. The molecule has 0 aromatic carbocycles. The van der Waals surface area contributed by atoms with Crippen LogP contribution in [0, 0.1) is 5.92 Å². The van der Waals surface area contributed by atoms with Crippen molar-refractivity contribution in [3.63, 3.8) is 0 Å². The number of ether oxygens (including phenoxy) is 2. The molecule has 0 unspecified atom stereocenters. The predicted molar refractivity (Wildman–Crippen MR) is 119 cm³/mol. The minimum absolute atomic E-state index is 0.236. The summed E-state index contributed by atoms with van der Waals surface area (Å²) in [5, 5.41) is 0. The highest BCUT2D eigenvalue weighted by Crippen LogP contribution is 2.37. The first-order chi connectivity index (χ1) is 13.3. The summed E-state index contributed by atoms with van der Waals surface area (Å²) in [4.78, 5) is 30.8. The van der Waals surface area contributed by atoms with Crippen molar-refractivity contribution in [1.29, 1.82) is 0 Å². The zero-order chi connectivity index (χ0) is 22.0. The highest BCUT2D eigenvalue weighted by atomic mass is 79.9. The monoisotopic (exact) mass is 487 g/mol. The third kappa shape index (κ3) is 6.65. The maximum Gasteiger partial charge on any atom is 0.410 e. The summed E-state index contributed by atoms with van der Waals surface area (Å²) >= 11 is 3.39. The van der Waals surface area contributed by atoms with Crippen molar-refractivity contribution in [2.75, 3.05) is 13.2 Å². The first-order valence-corrected chi connectivity index (χ1v) is 14.6. The molecule has 1 saturated heterocycles. The van der Waals surface area contributed by atoms with E-state index in [-0.39, 0.29) is 18.9 Å². The number of nitrogens with zero attached hydrogens (tertiary/aromatic N) is 3. The molecule has 1 aromatic heterocycles. The van der Waals surface area contributed by atoms with Crippen LogP contribution in [0.2, 0.25) is 25.7 Å². The van der Waals surface area contributed by atoms with E-state index in [9.17, 15) is 9.59 Å². The largest absolute Gasteiger partial charge is 0.444 e. The number of hydrogen-bond donors (Lipinski definition) is 0. The summed E-state index contributed by atoms with van der Waals surface area (Å²) in [5.41, 5.74) is -0.145. The molecule has 2 atom stereocenters. The number of imidazole rings is 1. The van der Waals surface area contributed by atoms with Crippen molar-refractivity contribution in [1.82, 2.24) is 14.5 Å². The van der Waals surface area contributed by atoms with Crippen LogP contribution in [0.5, 0.6) is 0 Å². The van der Waals surface area contributed by atoms with Gasteiger partial charge in [0.1, 0.15) is 28.5 Å². The molecule has 2 rings (SSSR count). The average molecular weight is 488 g/mol. The van der Waals surface area contributed by atoms with Gasteiger partial charge in [-0.25, -0.2) is 9.78 Å². The highest BCUT2D eigenvalue weighted by Gasteiger charge is 2.39. The van der Waals surface area contributed by atoms with Gasteiger partial charge in [-0.15, -0.1) is 0 Å². The quantitative estimate of drug-likeness (QED) is 0.304. The summed E-state index contributed by atoms with van der Waals surface area (Å²) in [7, 11) is -1.21. The fourth-order valence-corrected chi connectivity index (χ4v) is 4.55. The first-order valence-electron chi connectivity index (χ1n) is 10.1. The predicted octanol–water partition coefficient (Wildman–Crippen LogP) is 5.09. The van der Waals surface area contributed by atoms with Crippen molar-refractivity contribution < 1.29 is 19.1 Å². The molecule has 1 amide bonds. The molecule has 0 aliphatic carbocycles. The molecule has 0 radical (unpaired) electrons. The molecule has 0 N–H and O–H groups in total. The van der Waals surface area contributed by atoms with E-state index >= 15 is 0 Å². The number of likely N-dealkylation sites (tertiary alicyclic amines) is 1. The Bertz CT molecular complexity index is 739. The van der Waals surface area contributed by atoms with Crippen molar-refractivity contribution in [2.45, 2.75) is 78.2 Å². The third-order valence-corrected chi connectivity index (χ3v) is 7.04. The molecule has 7 nitrogen and oxygen atoms in total. The Kier molecular flexibility index (Phi) is 7.72. The van der Waals surface area contributed by atoms with Crippen molar-refractivity contribution >= 4 is 36.4 Å². The van der Waals surface area contributed by atoms with Crippen LogP contribution in [0.1, 0.15) is 56.5 Å². The fourth-order valence-electron chi connectivity index (χ4n) is 3.30. The van der Waals surface area contributed by atoms with Gasteiger partial charge in [0.2, 0.25) is 0 Å². The first kappa shape index (κ1) is 24.1. The second-order valence-electron chi connectivity index (χ2n) is 10.0. The Morgan fingerprint density at radius 2 is 2.00 bits per heavy atom. The third-order valence-electron chi connectivity index (χ3n) is 4.76. The van der Waals surface area contributed by atoms with E-state index in [0.717, 1.165) is 18.8 Å². The van der Waals surface area contributed by atoms with Crippen LogP contribution in [0.3, 0.4) is 0 Å². The smallest absolute Gasteiger partial charge is 0.410 e. The second kappa shape index (κ2) is 9.30. The molecule has 0 spiro atoms. The van der Waals surface area contributed by atoms with Crippen LogP contribution < -0.4 is 0 Å². The number of aldehydes is 1. The Labute approximate surface area is 183 Å². The number of carbonyl (C=O) groups excluding carboxylic acids is 2. The lowest BCUT2D eigenvalue weighted by Crippen LogP contribution is -2.37. The van der Waals surface area contributed by atoms with Gasteiger partial charge in [0, 0.05) is 21.2 Å². The topological polar surface area (TPSA) is 73.7 Å². The lowest BCUT2D eigenvalue weighted by atomic mass is 10.1. The van der Waals surface area contributed by atoms with Gasteiger partial charge in [0.25, 0.3) is 0 Å². The minimum atomic E-state index is -1.21. The maximum atomic E-state index is 12.8. The molecular weight excluding hydrogens is 454 g/mol. The van der Waals surface area contributed by atoms with E-state index in [0.29, 0.717) is 35.2 Å². The SMILES string of the molecule is C[C@H]1C[C@@H](c2nc(Br)c(C=O)n2COCC[Si](C)(C)C)N(C(=O)OC(C)(C)C)C1. The minimum Gasteiger partial charge on any atom is -0.444 e. The van der Waals surface area contributed by atoms with Gasteiger partial charge in [-0.2, -0.15) is 0 Å². The molecule has 1 fully saturated rings. The lowest BCUT2D eigenvalue weighted by Gasteiger charge is -2.28. The van der Waals surface area contributed by atoms with Gasteiger partial charge < -0.3 is 9.47 Å². The maximum absolute atomic E-state index is 12.8. The lowest BCUT2D eigenvalue weighted by molar-refractivity contribution is 0.0200. The molecule has 9 heteroatoms. The number of halogens is 1. The summed E-state index contributed by atoms with van der Waals surface area (Å²) in [6.45, 7) is 16.0. The Hall–Kier alpha value is -1.19. The molecule has 0 saturated carbocycles. The summed E-state index contributed by atoms with van der Waals surface area (Å²) in [5.74, 6) is 0.964. The van der Waals surface area contributed by atoms with E-state index in [1.54, 1.807) is 9.47 Å². The van der Waals surface area contributed by atoms with Crippen LogP contribution in [-0.2, 0) is 16.2 Å². The van der Waals surface area contributed by atoms with E-state index in [1.165, 1.54) is 0 Å². The van der Waals surface area contributed by atoms with E-state index in [2.05, 4.69) is 47.5 Å².